The lowest BCUT2D eigenvalue weighted by Crippen LogP contribution is -2.16. The van der Waals surface area contributed by atoms with E-state index in [1.165, 1.54) is 18.2 Å². The van der Waals surface area contributed by atoms with E-state index in [2.05, 4.69) is 20.6 Å². The van der Waals surface area contributed by atoms with Crippen molar-refractivity contribution < 1.29 is 18.4 Å². The van der Waals surface area contributed by atoms with Crippen molar-refractivity contribution in [3.05, 3.63) is 89.7 Å². The molecule has 30 heavy (non-hydrogen) atoms. The molecule has 0 atom stereocenters. The maximum absolute atomic E-state index is 12.8. The number of imidazole rings is 1. The third-order valence-electron chi connectivity index (χ3n) is 4.43. The SMILES string of the molecule is O=C(Nc1ccccc1NC(=O)c1ccc2nc(C(F)F)[nH]c2c1)c1ccccc1. The fourth-order valence-corrected chi connectivity index (χ4v) is 2.95. The van der Waals surface area contributed by atoms with Crippen molar-refractivity contribution in [2.45, 2.75) is 6.43 Å². The van der Waals surface area contributed by atoms with Gasteiger partial charge in [-0.15, -0.1) is 0 Å². The number of anilines is 2. The summed E-state index contributed by atoms with van der Waals surface area (Å²) in [6.07, 6.45) is -2.73. The number of para-hydroxylation sites is 2. The first-order chi connectivity index (χ1) is 14.5. The highest BCUT2D eigenvalue weighted by molar-refractivity contribution is 6.10. The van der Waals surface area contributed by atoms with E-state index in [4.69, 9.17) is 0 Å². The molecule has 0 aliphatic heterocycles. The average Bonchev–Trinajstić information content (AvgIpc) is 3.19. The second-order valence-corrected chi connectivity index (χ2v) is 6.47. The molecule has 0 saturated carbocycles. The van der Waals surface area contributed by atoms with Crippen LogP contribution in [0.5, 0.6) is 0 Å². The fraction of sp³-hybridized carbons (Fsp3) is 0.0455. The van der Waals surface area contributed by atoms with Gasteiger partial charge in [-0.2, -0.15) is 0 Å². The summed E-state index contributed by atoms with van der Waals surface area (Å²) in [6, 6.07) is 19.9. The predicted octanol–water partition coefficient (Wildman–Crippen LogP) is 5.01. The first-order valence-corrected chi connectivity index (χ1v) is 9.06. The molecule has 0 unspecified atom stereocenters. The zero-order valence-electron chi connectivity index (χ0n) is 15.5. The van der Waals surface area contributed by atoms with Gasteiger partial charge in [0, 0.05) is 11.1 Å². The number of amides is 2. The Balaban J connectivity index is 1.55. The molecule has 0 bridgehead atoms. The number of hydrogen-bond acceptors (Lipinski definition) is 3. The summed E-state index contributed by atoms with van der Waals surface area (Å²) in [5, 5.41) is 5.52. The Hall–Kier alpha value is -4.07. The van der Waals surface area contributed by atoms with Crippen molar-refractivity contribution in [2.75, 3.05) is 10.6 Å². The number of nitrogens with zero attached hydrogens (tertiary/aromatic N) is 1. The van der Waals surface area contributed by atoms with Gasteiger partial charge in [0.25, 0.3) is 18.2 Å². The summed E-state index contributed by atoms with van der Waals surface area (Å²) in [7, 11) is 0. The number of carbonyl (C=O) groups excluding carboxylic acids is 2. The van der Waals surface area contributed by atoms with Crippen LogP contribution in [0.1, 0.15) is 33.0 Å². The molecule has 0 spiro atoms. The van der Waals surface area contributed by atoms with Crippen LogP contribution < -0.4 is 10.6 Å². The minimum Gasteiger partial charge on any atom is -0.337 e. The number of aromatic nitrogens is 2. The number of rotatable bonds is 5. The van der Waals surface area contributed by atoms with Gasteiger partial charge in [-0.3, -0.25) is 9.59 Å². The van der Waals surface area contributed by atoms with Crippen LogP contribution >= 0.6 is 0 Å². The lowest BCUT2D eigenvalue weighted by atomic mass is 10.1. The van der Waals surface area contributed by atoms with Crippen molar-refractivity contribution in [2.24, 2.45) is 0 Å². The van der Waals surface area contributed by atoms with E-state index in [-0.39, 0.29) is 11.5 Å². The topological polar surface area (TPSA) is 86.9 Å². The number of H-pyrrole nitrogens is 1. The van der Waals surface area contributed by atoms with E-state index in [0.29, 0.717) is 28.0 Å². The van der Waals surface area contributed by atoms with Gasteiger partial charge in [0.15, 0.2) is 5.82 Å². The standard InChI is InChI=1S/C22H16F2N4O2/c23-19(24)20-25-17-11-10-14(12-18(17)26-20)22(30)28-16-9-5-4-8-15(16)27-21(29)13-6-2-1-3-7-13/h1-12,19H,(H,25,26)(H,27,29)(H,28,30). The Morgan fingerprint density at radius 2 is 1.40 bits per heavy atom. The number of carbonyl (C=O) groups is 2. The van der Waals surface area contributed by atoms with E-state index in [0.717, 1.165) is 0 Å². The minimum absolute atomic E-state index is 0.260. The smallest absolute Gasteiger partial charge is 0.295 e. The van der Waals surface area contributed by atoms with Gasteiger partial charge >= 0.3 is 0 Å². The van der Waals surface area contributed by atoms with Gasteiger partial charge in [0.05, 0.1) is 22.4 Å². The van der Waals surface area contributed by atoms with Crippen LogP contribution in [0, 0.1) is 0 Å². The molecule has 0 radical (unpaired) electrons. The molecule has 8 heteroatoms. The molecule has 150 valence electrons. The summed E-state index contributed by atoms with van der Waals surface area (Å²) >= 11 is 0. The highest BCUT2D eigenvalue weighted by Gasteiger charge is 2.15. The number of halogens is 2. The predicted molar refractivity (Wildman–Crippen MR) is 110 cm³/mol. The molecule has 6 nitrogen and oxygen atoms in total. The zero-order chi connectivity index (χ0) is 21.1. The summed E-state index contributed by atoms with van der Waals surface area (Å²) in [6.45, 7) is 0. The summed E-state index contributed by atoms with van der Waals surface area (Å²) in [4.78, 5) is 31.4. The van der Waals surface area contributed by atoms with Crippen LogP contribution in [0.15, 0.2) is 72.8 Å². The van der Waals surface area contributed by atoms with E-state index in [9.17, 15) is 18.4 Å². The maximum Gasteiger partial charge on any atom is 0.295 e. The van der Waals surface area contributed by atoms with Crippen LogP contribution in [0.2, 0.25) is 0 Å². The quantitative estimate of drug-likeness (QED) is 0.436. The number of hydrogen-bond donors (Lipinski definition) is 3. The largest absolute Gasteiger partial charge is 0.337 e. The average molecular weight is 406 g/mol. The van der Waals surface area contributed by atoms with Crippen molar-refractivity contribution in [3.8, 4) is 0 Å². The Morgan fingerprint density at radius 1 is 0.800 bits per heavy atom. The third kappa shape index (κ3) is 4.02. The normalized spacial score (nSPS) is 10.9. The van der Waals surface area contributed by atoms with E-state index in [1.54, 1.807) is 48.5 Å². The van der Waals surface area contributed by atoms with Gasteiger partial charge in [-0.1, -0.05) is 30.3 Å². The lowest BCUT2D eigenvalue weighted by molar-refractivity contribution is 0.101. The summed E-state index contributed by atoms with van der Waals surface area (Å²) in [5.41, 5.74) is 2.27. The van der Waals surface area contributed by atoms with Crippen LogP contribution in [-0.4, -0.2) is 21.8 Å². The third-order valence-corrected chi connectivity index (χ3v) is 4.43. The lowest BCUT2D eigenvalue weighted by Gasteiger charge is -2.12. The first kappa shape index (κ1) is 19.3. The van der Waals surface area contributed by atoms with Crippen molar-refractivity contribution in [1.82, 2.24) is 9.97 Å². The maximum atomic E-state index is 12.8. The van der Waals surface area contributed by atoms with Gasteiger partial charge in [-0.25, -0.2) is 13.8 Å². The first-order valence-electron chi connectivity index (χ1n) is 9.06. The number of alkyl halides is 2. The minimum atomic E-state index is -2.73. The molecule has 0 aliphatic rings. The van der Waals surface area contributed by atoms with Crippen molar-refractivity contribution >= 4 is 34.2 Å². The van der Waals surface area contributed by atoms with Gasteiger partial charge in [0.1, 0.15) is 0 Å². The molecule has 0 fully saturated rings. The van der Waals surface area contributed by atoms with E-state index < -0.39 is 18.2 Å². The number of aromatic amines is 1. The van der Waals surface area contributed by atoms with Gasteiger partial charge in [-0.05, 0) is 42.5 Å². The second kappa shape index (κ2) is 8.12. The molecule has 3 N–H and O–H groups in total. The highest BCUT2D eigenvalue weighted by Crippen LogP contribution is 2.24. The molecule has 0 aliphatic carbocycles. The summed E-state index contributed by atoms with van der Waals surface area (Å²) < 4.78 is 25.6. The number of benzene rings is 3. The van der Waals surface area contributed by atoms with Crippen LogP contribution in [0.3, 0.4) is 0 Å². The Labute approximate surface area is 170 Å². The molecule has 0 saturated heterocycles. The number of fused-ring (bicyclic) bond motifs is 1. The summed E-state index contributed by atoms with van der Waals surface area (Å²) in [5.74, 6) is -1.21. The van der Waals surface area contributed by atoms with Crippen molar-refractivity contribution in [3.63, 3.8) is 0 Å². The Morgan fingerprint density at radius 3 is 2.03 bits per heavy atom. The van der Waals surface area contributed by atoms with Crippen LogP contribution in [0.25, 0.3) is 11.0 Å². The monoisotopic (exact) mass is 406 g/mol. The molecule has 3 aromatic carbocycles. The fourth-order valence-electron chi connectivity index (χ4n) is 2.95. The van der Waals surface area contributed by atoms with Gasteiger partial charge in [0.2, 0.25) is 0 Å². The molecule has 1 heterocycles. The van der Waals surface area contributed by atoms with Crippen LogP contribution in [-0.2, 0) is 0 Å². The molecule has 1 aromatic heterocycles. The zero-order valence-corrected chi connectivity index (χ0v) is 15.5. The Bertz CT molecular complexity index is 1220. The van der Waals surface area contributed by atoms with Gasteiger partial charge < -0.3 is 15.6 Å². The Kier molecular flexibility index (Phi) is 5.21. The molecular formula is C22H16F2N4O2. The van der Waals surface area contributed by atoms with E-state index in [1.807, 2.05) is 6.07 Å². The van der Waals surface area contributed by atoms with Crippen molar-refractivity contribution in [1.29, 1.82) is 0 Å². The second-order valence-electron chi connectivity index (χ2n) is 6.47. The molecule has 4 rings (SSSR count). The van der Waals surface area contributed by atoms with Crippen LogP contribution in [0.4, 0.5) is 20.2 Å². The molecule has 4 aromatic rings. The molecular weight excluding hydrogens is 390 g/mol. The number of nitrogens with one attached hydrogen (secondary N) is 3. The van der Waals surface area contributed by atoms with E-state index >= 15 is 0 Å². The highest BCUT2D eigenvalue weighted by atomic mass is 19.3. The molecule has 2 amide bonds.